The van der Waals surface area contributed by atoms with Crippen molar-refractivity contribution in [2.24, 2.45) is 0 Å². The van der Waals surface area contributed by atoms with Crippen molar-refractivity contribution in [3.8, 4) is 0 Å². The third-order valence-corrected chi connectivity index (χ3v) is 3.48. The van der Waals surface area contributed by atoms with Crippen LogP contribution in [-0.4, -0.2) is 13.0 Å². The molecule has 14 heavy (non-hydrogen) atoms. The van der Waals surface area contributed by atoms with Gasteiger partial charge in [-0.1, -0.05) is 19.1 Å². The summed E-state index contributed by atoms with van der Waals surface area (Å²) in [6.07, 6.45) is 0.593. The summed E-state index contributed by atoms with van der Waals surface area (Å²) in [4.78, 5) is 0.0694. The monoisotopic (exact) mass is 214 g/mol. The Bertz CT molecular complexity index is 447. The molecule has 0 fully saturated rings. The maximum absolute atomic E-state index is 11.1. The third-order valence-electron chi connectivity index (χ3n) is 2.40. The van der Waals surface area contributed by atoms with Crippen molar-refractivity contribution >= 4 is 10.1 Å². The average Bonchev–Trinajstić information content (AvgIpc) is 2.07. The molecule has 1 aromatic carbocycles. The van der Waals surface area contributed by atoms with E-state index in [4.69, 9.17) is 4.55 Å². The summed E-state index contributed by atoms with van der Waals surface area (Å²) in [7, 11) is -4.10. The molecule has 0 bridgehead atoms. The van der Waals surface area contributed by atoms with E-state index in [0.717, 1.165) is 5.56 Å². The molecule has 4 heteroatoms. The zero-order valence-corrected chi connectivity index (χ0v) is 9.35. The van der Waals surface area contributed by atoms with Crippen LogP contribution >= 0.6 is 0 Å². The van der Waals surface area contributed by atoms with Crippen molar-refractivity contribution in [2.45, 2.75) is 32.1 Å². The van der Waals surface area contributed by atoms with Gasteiger partial charge in [-0.15, -0.1) is 0 Å². The van der Waals surface area contributed by atoms with Gasteiger partial charge in [0.15, 0.2) is 0 Å². The predicted molar refractivity (Wildman–Crippen MR) is 55.1 cm³/mol. The van der Waals surface area contributed by atoms with Crippen LogP contribution in [0.15, 0.2) is 17.0 Å². The van der Waals surface area contributed by atoms with E-state index in [1.807, 2.05) is 19.9 Å². The van der Waals surface area contributed by atoms with Gasteiger partial charge in [-0.3, -0.25) is 4.55 Å². The SMILES string of the molecule is CCc1ccc(C)c(C)c1S(=O)(=O)O. The molecule has 0 aliphatic rings. The normalized spacial score (nSPS) is 11.7. The molecule has 1 aromatic rings. The minimum Gasteiger partial charge on any atom is -0.282 e. The molecule has 0 saturated heterocycles. The highest BCUT2D eigenvalue weighted by molar-refractivity contribution is 7.86. The molecule has 0 spiro atoms. The second-order valence-corrected chi connectivity index (χ2v) is 4.68. The van der Waals surface area contributed by atoms with Crippen molar-refractivity contribution in [1.29, 1.82) is 0 Å². The van der Waals surface area contributed by atoms with Gasteiger partial charge < -0.3 is 0 Å². The Morgan fingerprint density at radius 2 is 1.86 bits per heavy atom. The molecule has 1 N–H and O–H groups in total. The van der Waals surface area contributed by atoms with Gasteiger partial charge in [0.1, 0.15) is 4.90 Å². The van der Waals surface area contributed by atoms with Crippen LogP contribution in [0.25, 0.3) is 0 Å². The van der Waals surface area contributed by atoms with Crippen molar-refractivity contribution < 1.29 is 13.0 Å². The largest absolute Gasteiger partial charge is 0.295 e. The van der Waals surface area contributed by atoms with Crippen LogP contribution < -0.4 is 0 Å². The van der Waals surface area contributed by atoms with Gasteiger partial charge in [-0.05, 0) is 37.0 Å². The van der Waals surface area contributed by atoms with E-state index in [1.165, 1.54) is 0 Å². The molecular formula is C10H14O3S. The molecule has 0 aromatic heterocycles. The van der Waals surface area contributed by atoms with Gasteiger partial charge in [0.2, 0.25) is 0 Å². The predicted octanol–water partition coefficient (Wildman–Crippen LogP) is 2.11. The Hall–Kier alpha value is -0.870. The molecule has 1 rings (SSSR count). The number of hydrogen-bond donors (Lipinski definition) is 1. The maximum atomic E-state index is 11.1. The van der Waals surface area contributed by atoms with Gasteiger partial charge in [0.05, 0.1) is 0 Å². The standard InChI is InChI=1S/C10H14O3S/c1-4-9-6-5-7(2)8(3)10(9)14(11,12)13/h5-6H,4H2,1-3H3,(H,11,12,13). The highest BCUT2D eigenvalue weighted by atomic mass is 32.2. The van der Waals surface area contributed by atoms with Crippen molar-refractivity contribution in [1.82, 2.24) is 0 Å². The third kappa shape index (κ3) is 1.96. The number of benzene rings is 1. The molecule has 0 aliphatic heterocycles. The quantitative estimate of drug-likeness (QED) is 0.767. The van der Waals surface area contributed by atoms with Crippen LogP contribution in [0.3, 0.4) is 0 Å². The Labute approximate surface area is 84.5 Å². The number of hydrogen-bond acceptors (Lipinski definition) is 2. The summed E-state index contributed by atoms with van der Waals surface area (Å²) in [5.41, 5.74) is 2.16. The first kappa shape index (κ1) is 11.2. The minimum atomic E-state index is -4.10. The van der Waals surface area contributed by atoms with Crippen LogP contribution in [0, 0.1) is 13.8 Å². The second-order valence-electron chi connectivity index (χ2n) is 3.32. The Morgan fingerprint density at radius 3 is 2.29 bits per heavy atom. The van der Waals surface area contributed by atoms with Crippen LogP contribution in [0.2, 0.25) is 0 Å². The first-order valence-corrected chi connectivity index (χ1v) is 5.88. The zero-order chi connectivity index (χ0) is 10.9. The van der Waals surface area contributed by atoms with E-state index in [1.54, 1.807) is 13.0 Å². The lowest BCUT2D eigenvalue weighted by Crippen LogP contribution is -2.06. The summed E-state index contributed by atoms with van der Waals surface area (Å²) in [5.74, 6) is 0. The lowest BCUT2D eigenvalue weighted by molar-refractivity contribution is 0.481. The molecule has 78 valence electrons. The van der Waals surface area contributed by atoms with E-state index in [-0.39, 0.29) is 4.90 Å². The second kappa shape index (κ2) is 3.71. The summed E-state index contributed by atoms with van der Waals surface area (Å²) in [6, 6.07) is 3.61. The highest BCUT2D eigenvalue weighted by Gasteiger charge is 2.18. The fraction of sp³-hybridized carbons (Fsp3) is 0.400. The smallest absolute Gasteiger partial charge is 0.282 e. The Balaban J connectivity index is 3.60. The van der Waals surface area contributed by atoms with Gasteiger partial charge in [-0.25, -0.2) is 0 Å². The summed E-state index contributed by atoms with van der Waals surface area (Å²) in [5, 5.41) is 0. The van der Waals surface area contributed by atoms with E-state index in [2.05, 4.69) is 0 Å². The first-order valence-electron chi connectivity index (χ1n) is 4.44. The van der Waals surface area contributed by atoms with Crippen LogP contribution in [-0.2, 0) is 16.5 Å². The molecule has 0 heterocycles. The Morgan fingerprint density at radius 1 is 1.29 bits per heavy atom. The van der Waals surface area contributed by atoms with Gasteiger partial charge in [-0.2, -0.15) is 8.42 Å². The molecule has 0 atom stereocenters. The molecule has 0 saturated carbocycles. The molecule has 0 amide bonds. The highest BCUT2D eigenvalue weighted by Crippen LogP contribution is 2.23. The maximum Gasteiger partial charge on any atom is 0.295 e. The van der Waals surface area contributed by atoms with E-state index >= 15 is 0 Å². The molecule has 0 aliphatic carbocycles. The summed E-state index contributed by atoms with van der Waals surface area (Å²) >= 11 is 0. The zero-order valence-electron chi connectivity index (χ0n) is 8.53. The average molecular weight is 214 g/mol. The van der Waals surface area contributed by atoms with Gasteiger partial charge in [0.25, 0.3) is 10.1 Å². The summed E-state index contributed by atoms with van der Waals surface area (Å²) in [6.45, 7) is 5.39. The fourth-order valence-corrected chi connectivity index (χ4v) is 2.58. The molecule has 0 radical (unpaired) electrons. The van der Waals surface area contributed by atoms with E-state index < -0.39 is 10.1 Å². The van der Waals surface area contributed by atoms with Crippen LogP contribution in [0.5, 0.6) is 0 Å². The van der Waals surface area contributed by atoms with Gasteiger partial charge >= 0.3 is 0 Å². The van der Waals surface area contributed by atoms with E-state index in [0.29, 0.717) is 17.5 Å². The van der Waals surface area contributed by atoms with Crippen molar-refractivity contribution in [3.05, 3.63) is 28.8 Å². The fourth-order valence-electron chi connectivity index (χ4n) is 1.48. The Kier molecular flexibility index (Phi) is 2.97. The van der Waals surface area contributed by atoms with Crippen LogP contribution in [0.4, 0.5) is 0 Å². The van der Waals surface area contributed by atoms with E-state index in [9.17, 15) is 8.42 Å². The molecule has 3 nitrogen and oxygen atoms in total. The topological polar surface area (TPSA) is 54.4 Å². The lowest BCUT2D eigenvalue weighted by atomic mass is 10.0. The number of aryl methyl sites for hydroxylation is 2. The lowest BCUT2D eigenvalue weighted by Gasteiger charge is -2.10. The van der Waals surface area contributed by atoms with Crippen molar-refractivity contribution in [3.63, 3.8) is 0 Å². The minimum absolute atomic E-state index is 0.0694. The molecular weight excluding hydrogens is 200 g/mol. The van der Waals surface area contributed by atoms with Gasteiger partial charge in [0, 0.05) is 0 Å². The number of rotatable bonds is 2. The summed E-state index contributed by atoms with van der Waals surface area (Å²) < 4.78 is 31.4. The van der Waals surface area contributed by atoms with Crippen molar-refractivity contribution in [2.75, 3.05) is 0 Å². The molecule has 0 unspecified atom stereocenters. The van der Waals surface area contributed by atoms with Crippen LogP contribution in [0.1, 0.15) is 23.6 Å². The first-order chi connectivity index (χ1) is 6.38.